The van der Waals surface area contributed by atoms with Crippen LogP contribution in [-0.4, -0.2) is 12.7 Å². The summed E-state index contributed by atoms with van der Waals surface area (Å²) in [7, 11) is 0. The lowest BCUT2D eigenvalue weighted by atomic mass is 10.1. The number of anilines is 1. The zero-order chi connectivity index (χ0) is 15.4. The monoisotopic (exact) mass is 295 g/mol. The van der Waals surface area contributed by atoms with E-state index < -0.39 is 0 Å². The zero-order valence-electron chi connectivity index (χ0n) is 12.3. The molecule has 1 aliphatic rings. The van der Waals surface area contributed by atoms with Crippen molar-refractivity contribution in [3.63, 3.8) is 0 Å². The van der Waals surface area contributed by atoms with Crippen molar-refractivity contribution in [2.75, 3.05) is 12.1 Å². The topological polar surface area (TPSA) is 47.6 Å². The van der Waals surface area contributed by atoms with E-state index in [9.17, 15) is 4.79 Å². The average molecular weight is 295 g/mol. The van der Waals surface area contributed by atoms with Gasteiger partial charge in [-0.1, -0.05) is 31.2 Å². The highest BCUT2D eigenvalue weighted by Gasteiger charge is 2.12. The van der Waals surface area contributed by atoms with Gasteiger partial charge in [-0.3, -0.25) is 4.79 Å². The van der Waals surface area contributed by atoms with E-state index in [-0.39, 0.29) is 12.7 Å². The molecule has 2 aromatic carbocycles. The largest absolute Gasteiger partial charge is 0.454 e. The number of hydrogen-bond donors (Lipinski definition) is 1. The molecule has 4 heteroatoms. The minimum absolute atomic E-state index is 0.154. The standard InChI is InChI=1S/C18H17NO3/c1-2-14-5-3-4-6-15(14)19-18(20)10-8-13-7-9-16-17(11-13)22-12-21-16/h3-11H,2,12H2,1H3,(H,19,20)/b10-8+. The molecule has 0 spiro atoms. The molecule has 1 aliphatic heterocycles. The summed E-state index contributed by atoms with van der Waals surface area (Å²) in [5, 5.41) is 2.90. The van der Waals surface area contributed by atoms with Gasteiger partial charge >= 0.3 is 0 Å². The molecule has 0 radical (unpaired) electrons. The highest BCUT2D eigenvalue weighted by molar-refractivity contribution is 6.02. The minimum Gasteiger partial charge on any atom is -0.454 e. The number of hydrogen-bond acceptors (Lipinski definition) is 3. The first-order valence-corrected chi connectivity index (χ1v) is 7.23. The summed E-state index contributed by atoms with van der Waals surface area (Å²) >= 11 is 0. The first-order valence-electron chi connectivity index (χ1n) is 7.23. The number of aryl methyl sites for hydroxylation is 1. The van der Waals surface area contributed by atoms with E-state index in [0.717, 1.165) is 29.0 Å². The van der Waals surface area contributed by atoms with E-state index >= 15 is 0 Å². The molecule has 1 heterocycles. The Morgan fingerprint density at radius 3 is 2.86 bits per heavy atom. The lowest BCUT2D eigenvalue weighted by Gasteiger charge is -2.07. The van der Waals surface area contributed by atoms with E-state index in [0.29, 0.717) is 5.75 Å². The van der Waals surface area contributed by atoms with Gasteiger partial charge in [0.25, 0.3) is 0 Å². The van der Waals surface area contributed by atoms with Gasteiger partial charge < -0.3 is 14.8 Å². The van der Waals surface area contributed by atoms with Crippen molar-refractivity contribution >= 4 is 17.7 Å². The molecule has 3 rings (SSSR count). The van der Waals surface area contributed by atoms with Crippen molar-refractivity contribution in [2.45, 2.75) is 13.3 Å². The number of carbonyl (C=O) groups is 1. The maximum Gasteiger partial charge on any atom is 0.248 e. The van der Waals surface area contributed by atoms with E-state index in [1.807, 2.05) is 42.5 Å². The first kappa shape index (κ1) is 14.2. The molecule has 0 saturated carbocycles. The van der Waals surface area contributed by atoms with Gasteiger partial charge in [0.05, 0.1) is 0 Å². The van der Waals surface area contributed by atoms with Gasteiger partial charge in [0, 0.05) is 11.8 Å². The van der Waals surface area contributed by atoms with E-state index in [4.69, 9.17) is 9.47 Å². The number of ether oxygens (including phenoxy) is 2. The lowest BCUT2D eigenvalue weighted by Crippen LogP contribution is -2.09. The SMILES string of the molecule is CCc1ccccc1NC(=O)/C=C/c1ccc2c(c1)OCO2. The van der Waals surface area contributed by atoms with Crippen LogP contribution in [0.15, 0.2) is 48.5 Å². The highest BCUT2D eigenvalue weighted by atomic mass is 16.7. The van der Waals surface area contributed by atoms with Crippen molar-refractivity contribution in [1.29, 1.82) is 0 Å². The molecule has 2 aromatic rings. The summed E-state index contributed by atoms with van der Waals surface area (Å²) in [6, 6.07) is 13.4. The first-order chi connectivity index (χ1) is 10.8. The Balaban J connectivity index is 1.69. The zero-order valence-corrected chi connectivity index (χ0v) is 12.3. The van der Waals surface area contributed by atoms with Crippen LogP contribution in [-0.2, 0) is 11.2 Å². The maximum atomic E-state index is 12.0. The molecule has 4 nitrogen and oxygen atoms in total. The number of rotatable bonds is 4. The fraction of sp³-hybridized carbons (Fsp3) is 0.167. The molecular formula is C18H17NO3. The smallest absolute Gasteiger partial charge is 0.248 e. The lowest BCUT2D eigenvalue weighted by molar-refractivity contribution is -0.111. The van der Waals surface area contributed by atoms with E-state index in [2.05, 4.69) is 12.2 Å². The molecule has 0 bridgehead atoms. The Morgan fingerprint density at radius 1 is 1.18 bits per heavy atom. The van der Waals surface area contributed by atoms with Crippen molar-refractivity contribution < 1.29 is 14.3 Å². The average Bonchev–Trinajstić information content (AvgIpc) is 3.01. The third kappa shape index (κ3) is 3.11. The van der Waals surface area contributed by atoms with Crippen LogP contribution in [0, 0.1) is 0 Å². The molecule has 0 fully saturated rings. The molecule has 0 aliphatic carbocycles. The van der Waals surface area contributed by atoms with Crippen molar-refractivity contribution in [3.8, 4) is 11.5 Å². The van der Waals surface area contributed by atoms with E-state index in [1.165, 1.54) is 6.08 Å². The maximum absolute atomic E-state index is 12.0. The summed E-state index contributed by atoms with van der Waals surface area (Å²) in [5.74, 6) is 1.29. The van der Waals surface area contributed by atoms with Crippen LogP contribution in [0.4, 0.5) is 5.69 Å². The van der Waals surface area contributed by atoms with Gasteiger partial charge in [-0.2, -0.15) is 0 Å². The molecular weight excluding hydrogens is 278 g/mol. The predicted octanol–water partition coefficient (Wildman–Crippen LogP) is 3.63. The van der Waals surface area contributed by atoms with E-state index in [1.54, 1.807) is 6.08 Å². The molecule has 0 aromatic heterocycles. The fourth-order valence-corrected chi connectivity index (χ4v) is 2.31. The second kappa shape index (κ2) is 6.35. The normalized spacial score (nSPS) is 12.6. The Labute approximate surface area is 129 Å². The highest BCUT2D eigenvalue weighted by Crippen LogP contribution is 2.32. The number of nitrogens with one attached hydrogen (secondary N) is 1. The van der Waals surface area contributed by atoms with Crippen LogP contribution in [0.1, 0.15) is 18.1 Å². The Hall–Kier alpha value is -2.75. The summed E-state index contributed by atoms with van der Waals surface area (Å²) in [6.07, 6.45) is 4.15. The molecule has 112 valence electrons. The van der Waals surface area contributed by atoms with Crippen molar-refractivity contribution in [2.24, 2.45) is 0 Å². The predicted molar refractivity (Wildman–Crippen MR) is 86.0 cm³/mol. The minimum atomic E-state index is -0.154. The van der Waals surface area contributed by atoms with Crippen LogP contribution < -0.4 is 14.8 Å². The summed E-state index contributed by atoms with van der Waals surface area (Å²) in [6.45, 7) is 2.31. The Kier molecular flexibility index (Phi) is 4.10. The van der Waals surface area contributed by atoms with Gasteiger partial charge in [-0.05, 0) is 41.8 Å². The van der Waals surface area contributed by atoms with Crippen LogP contribution in [0.2, 0.25) is 0 Å². The Bertz CT molecular complexity index is 722. The fourth-order valence-electron chi connectivity index (χ4n) is 2.31. The molecule has 22 heavy (non-hydrogen) atoms. The molecule has 0 saturated heterocycles. The molecule has 1 amide bonds. The number of carbonyl (C=O) groups excluding carboxylic acids is 1. The molecule has 0 unspecified atom stereocenters. The molecule has 1 N–H and O–H groups in total. The van der Waals surface area contributed by atoms with Gasteiger partial charge in [-0.25, -0.2) is 0 Å². The Morgan fingerprint density at radius 2 is 2.00 bits per heavy atom. The van der Waals surface area contributed by atoms with Gasteiger partial charge in [-0.15, -0.1) is 0 Å². The van der Waals surface area contributed by atoms with Gasteiger partial charge in [0.15, 0.2) is 11.5 Å². The third-order valence-electron chi connectivity index (χ3n) is 3.48. The second-order valence-electron chi connectivity index (χ2n) is 4.95. The summed E-state index contributed by atoms with van der Waals surface area (Å²) in [4.78, 5) is 12.0. The number of fused-ring (bicyclic) bond motifs is 1. The van der Waals surface area contributed by atoms with Crippen LogP contribution in [0.25, 0.3) is 6.08 Å². The van der Waals surface area contributed by atoms with Gasteiger partial charge in [0.1, 0.15) is 0 Å². The third-order valence-corrected chi connectivity index (χ3v) is 3.48. The van der Waals surface area contributed by atoms with Crippen LogP contribution in [0.3, 0.4) is 0 Å². The quantitative estimate of drug-likeness (QED) is 0.876. The molecule has 0 atom stereocenters. The summed E-state index contributed by atoms with van der Waals surface area (Å²) in [5.41, 5.74) is 2.86. The number of para-hydroxylation sites is 1. The van der Waals surface area contributed by atoms with Crippen LogP contribution >= 0.6 is 0 Å². The van der Waals surface area contributed by atoms with Crippen molar-refractivity contribution in [1.82, 2.24) is 0 Å². The van der Waals surface area contributed by atoms with Gasteiger partial charge in [0.2, 0.25) is 12.7 Å². The van der Waals surface area contributed by atoms with Crippen LogP contribution in [0.5, 0.6) is 11.5 Å². The number of amides is 1. The van der Waals surface area contributed by atoms with Crippen molar-refractivity contribution in [3.05, 3.63) is 59.7 Å². The summed E-state index contributed by atoms with van der Waals surface area (Å²) < 4.78 is 10.6. The second-order valence-corrected chi connectivity index (χ2v) is 4.95. The number of benzene rings is 2.